The Hall–Kier alpha value is -3.11. The molecule has 5 heteroatoms. The molecule has 0 fully saturated rings. The van der Waals surface area contributed by atoms with Gasteiger partial charge in [0.05, 0.1) is 23.0 Å². The number of carbonyl (C=O) groups excluding carboxylic acids is 2. The lowest BCUT2D eigenvalue weighted by Gasteiger charge is -2.21. The third-order valence-electron chi connectivity index (χ3n) is 5.21. The molecule has 0 aliphatic carbocycles. The molecule has 1 atom stereocenters. The van der Waals surface area contributed by atoms with Crippen LogP contribution in [0, 0.1) is 6.92 Å². The predicted molar refractivity (Wildman–Crippen MR) is 127 cm³/mol. The first kappa shape index (κ1) is 22.6. The minimum absolute atomic E-state index is 0.103. The van der Waals surface area contributed by atoms with Crippen LogP contribution in [0.1, 0.15) is 59.3 Å². The summed E-state index contributed by atoms with van der Waals surface area (Å²) in [7, 11) is 0. The Bertz CT molecular complexity index is 1060. The summed E-state index contributed by atoms with van der Waals surface area (Å²) in [6.07, 6.45) is 0.103. The van der Waals surface area contributed by atoms with E-state index >= 15 is 0 Å². The van der Waals surface area contributed by atoms with Crippen molar-refractivity contribution in [2.45, 2.75) is 39.2 Å². The maximum Gasteiger partial charge on any atom is 0.253 e. The van der Waals surface area contributed by atoms with Crippen molar-refractivity contribution in [1.82, 2.24) is 5.32 Å². The van der Waals surface area contributed by atoms with Gasteiger partial charge in [0.15, 0.2) is 0 Å². The van der Waals surface area contributed by atoms with Crippen molar-refractivity contribution in [3.05, 3.63) is 100 Å². The van der Waals surface area contributed by atoms with E-state index < -0.39 is 6.04 Å². The van der Waals surface area contributed by atoms with Gasteiger partial charge in [-0.05, 0) is 41.7 Å². The van der Waals surface area contributed by atoms with Gasteiger partial charge in [-0.2, -0.15) is 0 Å². The normalized spacial score (nSPS) is 11.8. The van der Waals surface area contributed by atoms with Crippen LogP contribution in [-0.4, -0.2) is 11.8 Å². The first-order valence-electron chi connectivity index (χ1n) is 10.4. The summed E-state index contributed by atoms with van der Waals surface area (Å²) in [4.78, 5) is 25.9. The second-order valence-corrected chi connectivity index (χ2v) is 8.27. The molecular formula is C26H27ClN2O2. The van der Waals surface area contributed by atoms with E-state index in [0.717, 1.165) is 22.4 Å². The average Bonchev–Trinajstić information content (AvgIpc) is 2.75. The van der Waals surface area contributed by atoms with Crippen LogP contribution >= 0.6 is 11.6 Å². The highest BCUT2D eigenvalue weighted by Crippen LogP contribution is 2.28. The number of anilines is 1. The second-order valence-electron chi connectivity index (χ2n) is 7.86. The van der Waals surface area contributed by atoms with Crippen molar-refractivity contribution in [1.29, 1.82) is 0 Å². The monoisotopic (exact) mass is 434 g/mol. The lowest BCUT2D eigenvalue weighted by atomic mass is 9.97. The molecular weight excluding hydrogens is 408 g/mol. The fourth-order valence-electron chi connectivity index (χ4n) is 3.54. The minimum Gasteiger partial charge on any atom is -0.345 e. The van der Waals surface area contributed by atoms with Crippen LogP contribution in [-0.2, 0) is 4.79 Å². The maximum atomic E-state index is 13.0. The van der Waals surface area contributed by atoms with E-state index in [2.05, 4.69) is 24.5 Å². The maximum absolute atomic E-state index is 13.0. The summed E-state index contributed by atoms with van der Waals surface area (Å²) in [5.74, 6) is -0.199. The second kappa shape index (κ2) is 10.3. The molecule has 31 heavy (non-hydrogen) atoms. The van der Waals surface area contributed by atoms with Gasteiger partial charge >= 0.3 is 0 Å². The van der Waals surface area contributed by atoms with Crippen molar-refractivity contribution in [3.63, 3.8) is 0 Å². The highest BCUT2D eigenvalue weighted by molar-refractivity contribution is 6.33. The smallest absolute Gasteiger partial charge is 0.253 e. The van der Waals surface area contributed by atoms with Gasteiger partial charge in [0.1, 0.15) is 0 Å². The molecule has 0 saturated carbocycles. The van der Waals surface area contributed by atoms with Gasteiger partial charge in [-0.3, -0.25) is 9.59 Å². The number of hydrogen-bond donors (Lipinski definition) is 2. The molecule has 0 bridgehead atoms. The van der Waals surface area contributed by atoms with E-state index in [1.807, 2.05) is 55.5 Å². The van der Waals surface area contributed by atoms with Crippen LogP contribution in [0.15, 0.2) is 72.8 Å². The van der Waals surface area contributed by atoms with Crippen molar-refractivity contribution >= 4 is 29.1 Å². The molecule has 2 amide bonds. The Morgan fingerprint density at radius 1 is 0.903 bits per heavy atom. The molecule has 0 spiro atoms. The molecule has 0 heterocycles. The van der Waals surface area contributed by atoms with Crippen LogP contribution < -0.4 is 10.6 Å². The Morgan fingerprint density at radius 2 is 1.58 bits per heavy atom. The number of rotatable bonds is 7. The van der Waals surface area contributed by atoms with Crippen LogP contribution in [0.4, 0.5) is 5.69 Å². The van der Waals surface area contributed by atoms with E-state index in [-0.39, 0.29) is 24.2 Å². The molecule has 0 aliphatic heterocycles. The van der Waals surface area contributed by atoms with E-state index in [1.165, 1.54) is 0 Å². The van der Waals surface area contributed by atoms with Gasteiger partial charge in [0.25, 0.3) is 5.91 Å². The van der Waals surface area contributed by atoms with E-state index in [9.17, 15) is 9.59 Å². The number of aryl methyl sites for hydroxylation is 1. The SMILES string of the molecule is Cc1cccc(C(C)C)c1NC(=O)CC(NC(=O)c1ccccc1Cl)c1ccccc1. The molecule has 4 nitrogen and oxygen atoms in total. The first-order chi connectivity index (χ1) is 14.9. The van der Waals surface area contributed by atoms with Gasteiger partial charge in [0.2, 0.25) is 5.91 Å². The number of benzene rings is 3. The topological polar surface area (TPSA) is 58.2 Å². The molecule has 0 radical (unpaired) electrons. The lowest BCUT2D eigenvalue weighted by molar-refractivity contribution is -0.116. The minimum atomic E-state index is -0.489. The number of para-hydroxylation sites is 1. The van der Waals surface area contributed by atoms with Crippen LogP contribution in [0.25, 0.3) is 0 Å². The predicted octanol–water partition coefficient (Wildman–Crippen LogP) is 6.27. The Morgan fingerprint density at radius 3 is 2.26 bits per heavy atom. The molecule has 0 aliphatic rings. The van der Waals surface area contributed by atoms with Crippen molar-refractivity contribution in [3.8, 4) is 0 Å². The van der Waals surface area contributed by atoms with E-state index in [1.54, 1.807) is 24.3 Å². The zero-order valence-electron chi connectivity index (χ0n) is 18.0. The Kier molecular flexibility index (Phi) is 7.48. The summed E-state index contributed by atoms with van der Waals surface area (Å²) in [6.45, 7) is 6.18. The zero-order valence-corrected chi connectivity index (χ0v) is 18.7. The molecule has 3 aromatic carbocycles. The lowest BCUT2D eigenvalue weighted by Crippen LogP contribution is -2.32. The van der Waals surface area contributed by atoms with Crippen LogP contribution in [0.2, 0.25) is 5.02 Å². The number of hydrogen-bond acceptors (Lipinski definition) is 2. The fraction of sp³-hybridized carbons (Fsp3) is 0.231. The summed E-state index contributed by atoms with van der Waals surface area (Å²) in [6, 6.07) is 21.9. The van der Waals surface area contributed by atoms with Crippen molar-refractivity contribution in [2.75, 3.05) is 5.32 Å². The zero-order chi connectivity index (χ0) is 22.4. The molecule has 0 saturated heterocycles. The summed E-state index contributed by atoms with van der Waals surface area (Å²) < 4.78 is 0. The van der Waals surface area contributed by atoms with Gasteiger partial charge in [-0.25, -0.2) is 0 Å². The van der Waals surface area contributed by atoms with Crippen molar-refractivity contribution < 1.29 is 9.59 Å². The molecule has 160 valence electrons. The van der Waals surface area contributed by atoms with E-state index in [0.29, 0.717) is 10.6 Å². The Balaban J connectivity index is 1.82. The third kappa shape index (κ3) is 5.74. The summed E-state index contributed by atoms with van der Waals surface area (Å²) in [5.41, 5.74) is 4.17. The van der Waals surface area contributed by atoms with Gasteiger partial charge in [-0.15, -0.1) is 0 Å². The first-order valence-corrected chi connectivity index (χ1v) is 10.7. The van der Waals surface area contributed by atoms with Gasteiger partial charge < -0.3 is 10.6 Å². The molecule has 3 aromatic rings. The van der Waals surface area contributed by atoms with Gasteiger partial charge in [-0.1, -0.05) is 86.1 Å². The molecule has 0 aromatic heterocycles. The molecule has 1 unspecified atom stereocenters. The van der Waals surface area contributed by atoms with Crippen LogP contribution in [0.3, 0.4) is 0 Å². The number of amides is 2. The quantitative estimate of drug-likeness (QED) is 0.460. The highest BCUT2D eigenvalue weighted by atomic mass is 35.5. The summed E-state index contributed by atoms with van der Waals surface area (Å²) >= 11 is 6.19. The fourth-order valence-corrected chi connectivity index (χ4v) is 3.76. The largest absolute Gasteiger partial charge is 0.345 e. The Labute approximate surface area is 188 Å². The number of nitrogens with one attached hydrogen (secondary N) is 2. The summed E-state index contributed by atoms with van der Waals surface area (Å²) in [5, 5.41) is 6.42. The number of carbonyl (C=O) groups is 2. The molecule has 3 rings (SSSR count). The standard InChI is InChI=1S/C26H27ClN2O2/c1-17(2)20-14-9-10-18(3)25(20)29-24(30)16-23(19-11-5-4-6-12-19)28-26(31)21-13-7-8-15-22(21)27/h4-15,17,23H,16H2,1-3H3,(H,28,31)(H,29,30). The highest BCUT2D eigenvalue weighted by Gasteiger charge is 2.21. The third-order valence-corrected chi connectivity index (χ3v) is 5.54. The van der Waals surface area contributed by atoms with Gasteiger partial charge in [0, 0.05) is 5.69 Å². The van der Waals surface area contributed by atoms with Crippen LogP contribution in [0.5, 0.6) is 0 Å². The van der Waals surface area contributed by atoms with Crippen molar-refractivity contribution in [2.24, 2.45) is 0 Å². The molecule has 2 N–H and O–H groups in total. The van der Waals surface area contributed by atoms with E-state index in [4.69, 9.17) is 11.6 Å². The number of halogens is 1. The average molecular weight is 435 g/mol.